The number of benzene rings is 1. The maximum Gasteiger partial charge on any atom is 0.220 e. The summed E-state index contributed by atoms with van der Waals surface area (Å²) in [7, 11) is 0. The lowest BCUT2D eigenvalue weighted by atomic mass is 10.0. The molecule has 0 saturated carbocycles. The topological polar surface area (TPSA) is 51.8 Å². The molecule has 1 aromatic heterocycles. The van der Waals surface area contributed by atoms with E-state index in [0.29, 0.717) is 5.95 Å². The largest absolute Gasteiger partial charge is 0.368 e. The minimum atomic E-state index is 0.350. The van der Waals surface area contributed by atoms with Gasteiger partial charge in [-0.2, -0.15) is 0 Å². The first kappa shape index (κ1) is 8.41. The minimum absolute atomic E-state index is 0.350. The number of nitrogens with two attached hydrogens (primary N) is 1. The van der Waals surface area contributed by atoms with Crippen LogP contribution in [0.1, 0.15) is 16.7 Å². The monoisotopic (exact) mass is 197 g/mol. The average Bonchev–Trinajstić information content (AvgIpc) is 2.58. The number of aromatic nitrogens is 2. The first-order valence-corrected chi connectivity index (χ1v) is 4.96. The van der Waals surface area contributed by atoms with Gasteiger partial charge in [0.2, 0.25) is 5.95 Å². The van der Waals surface area contributed by atoms with E-state index in [1.165, 1.54) is 22.3 Å². The fraction of sp³-hybridized carbons (Fsp3) is 0.167. The van der Waals surface area contributed by atoms with Crippen molar-refractivity contribution < 1.29 is 0 Å². The molecule has 1 aliphatic carbocycles. The van der Waals surface area contributed by atoms with Crippen LogP contribution in [0.5, 0.6) is 0 Å². The second-order valence-electron chi connectivity index (χ2n) is 3.88. The van der Waals surface area contributed by atoms with Gasteiger partial charge in [-0.3, -0.25) is 0 Å². The van der Waals surface area contributed by atoms with Crippen LogP contribution in [-0.4, -0.2) is 9.97 Å². The fourth-order valence-electron chi connectivity index (χ4n) is 2.13. The number of aryl methyl sites for hydroxylation is 1. The molecule has 1 heterocycles. The zero-order valence-corrected chi connectivity index (χ0v) is 8.49. The second-order valence-corrected chi connectivity index (χ2v) is 3.88. The Balaban J connectivity index is 2.31. The van der Waals surface area contributed by atoms with Gasteiger partial charge in [0.15, 0.2) is 0 Å². The van der Waals surface area contributed by atoms with Gasteiger partial charge >= 0.3 is 0 Å². The van der Waals surface area contributed by atoms with E-state index in [0.717, 1.165) is 12.1 Å². The molecule has 3 heteroatoms. The van der Waals surface area contributed by atoms with Crippen molar-refractivity contribution in [2.24, 2.45) is 0 Å². The molecule has 1 aromatic carbocycles. The summed E-state index contributed by atoms with van der Waals surface area (Å²) in [6.07, 6.45) is 2.76. The molecule has 3 nitrogen and oxygen atoms in total. The number of hydrogen-bond acceptors (Lipinski definition) is 3. The molecule has 0 aliphatic heterocycles. The summed E-state index contributed by atoms with van der Waals surface area (Å²) < 4.78 is 0. The summed E-state index contributed by atoms with van der Waals surface area (Å²) in [5.74, 6) is 0.350. The Kier molecular flexibility index (Phi) is 1.57. The van der Waals surface area contributed by atoms with Gasteiger partial charge < -0.3 is 5.73 Å². The van der Waals surface area contributed by atoms with E-state index in [1.54, 1.807) is 0 Å². The van der Waals surface area contributed by atoms with Crippen molar-refractivity contribution in [2.45, 2.75) is 13.3 Å². The number of fused-ring (bicyclic) bond motifs is 3. The van der Waals surface area contributed by atoms with Gasteiger partial charge in [-0.1, -0.05) is 18.2 Å². The Bertz CT molecular complexity index is 547. The van der Waals surface area contributed by atoms with Crippen LogP contribution in [0.2, 0.25) is 0 Å². The second kappa shape index (κ2) is 2.79. The molecule has 0 atom stereocenters. The van der Waals surface area contributed by atoms with Crippen molar-refractivity contribution in [2.75, 3.05) is 5.73 Å². The first-order valence-electron chi connectivity index (χ1n) is 4.96. The smallest absolute Gasteiger partial charge is 0.220 e. The van der Waals surface area contributed by atoms with E-state index >= 15 is 0 Å². The molecule has 0 saturated heterocycles. The lowest BCUT2D eigenvalue weighted by molar-refractivity contribution is 1.13. The highest BCUT2D eigenvalue weighted by atomic mass is 15.0. The summed E-state index contributed by atoms with van der Waals surface area (Å²) in [4.78, 5) is 8.33. The van der Waals surface area contributed by atoms with Crippen molar-refractivity contribution in [3.05, 3.63) is 41.1 Å². The summed E-state index contributed by atoms with van der Waals surface area (Å²) in [6.45, 7) is 2.13. The molecule has 15 heavy (non-hydrogen) atoms. The third kappa shape index (κ3) is 1.13. The highest BCUT2D eigenvalue weighted by Gasteiger charge is 2.21. The molecule has 0 spiro atoms. The molecule has 3 rings (SSSR count). The summed E-state index contributed by atoms with van der Waals surface area (Å²) in [5, 5.41) is 0. The van der Waals surface area contributed by atoms with Gasteiger partial charge in [-0.25, -0.2) is 9.97 Å². The molecule has 0 fully saturated rings. The van der Waals surface area contributed by atoms with Crippen LogP contribution >= 0.6 is 0 Å². The van der Waals surface area contributed by atoms with Crippen molar-refractivity contribution in [1.82, 2.24) is 9.97 Å². The van der Waals surface area contributed by atoms with Crippen LogP contribution in [0.15, 0.2) is 24.4 Å². The van der Waals surface area contributed by atoms with Crippen molar-refractivity contribution in [1.29, 1.82) is 0 Å². The highest BCUT2D eigenvalue weighted by Crippen LogP contribution is 2.36. The Labute approximate surface area is 88.0 Å². The quantitative estimate of drug-likeness (QED) is 0.599. The number of hydrogen-bond donors (Lipinski definition) is 1. The Hall–Kier alpha value is -1.90. The fourth-order valence-corrected chi connectivity index (χ4v) is 2.13. The zero-order chi connectivity index (χ0) is 10.4. The van der Waals surface area contributed by atoms with Crippen molar-refractivity contribution in [3.63, 3.8) is 0 Å². The van der Waals surface area contributed by atoms with Crippen molar-refractivity contribution >= 4 is 5.95 Å². The van der Waals surface area contributed by atoms with Gasteiger partial charge in [-0.05, 0) is 18.1 Å². The summed E-state index contributed by atoms with van der Waals surface area (Å²) >= 11 is 0. The predicted molar refractivity (Wildman–Crippen MR) is 59.4 cm³/mol. The summed E-state index contributed by atoms with van der Waals surface area (Å²) in [5.41, 5.74) is 11.7. The molecule has 2 N–H and O–H groups in total. The SMILES string of the molecule is Cc1cccc2c1Cc1cnc(N)nc1-2. The van der Waals surface area contributed by atoms with Crippen molar-refractivity contribution in [3.8, 4) is 11.3 Å². The lowest BCUT2D eigenvalue weighted by Gasteiger charge is -2.02. The van der Waals surface area contributed by atoms with E-state index in [4.69, 9.17) is 5.73 Å². The first-order chi connectivity index (χ1) is 7.25. The molecule has 2 aromatic rings. The summed E-state index contributed by atoms with van der Waals surface area (Å²) in [6, 6.07) is 6.28. The third-order valence-corrected chi connectivity index (χ3v) is 2.92. The molecule has 0 unspecified atom stereocenters. The third-order valence-electron chi connectivity index (χ3n) is 2.92. The van der Waals surface area contributed by atoms with Crippen LogP contribution in [0.25, 0.3) is 11.3 Å². The molecule has 74 valence electrons. The minimum Gasteiger partial charge on any atom is -0.368 e. The van der Waals surface area contributed by atoms with E-state index in [-0.39, 0.29) is 0 Å². The number of rotatable bonds is 0. The van der Waals surface area contributed by atoms with E-state index in [2.05, 4.69) is 35.1 Å². The van der Waals surface area contributed by atoms with E-state index in [1.807, 2.05) is 6.20 Å². The molecular weight excluding hydrogens is 186 g/mol. The van der Waals surface area contributed by atoms with Gasteiger partial charge in [-0.15, -0.1) is 0 Å². The highest BCUT2D eigenvalue weighted by molar-refractivity contribution is 5.74. The van der Waals surface area contributed by atoms with Crippen LogP contribution in [-0.2, 0) is 6.42 Å². The predicted octanol–water partition coefficient (Wildman–Crippen LogP) is 1.94. The molecular formula is C12H11N3. The van der Waals surface area contributed by atoms with E-state index < -0.39 is 0 Å². The molecule has 0 amide bonds. The van der Waals surface area contributed by atoms with E-state index in [9.17, 15) is 0 Å². The molecule has 0 bridgehead atoms. The number of anilines is 1. The van der Waals surface area contributed by atoms with Gasteiger partial charge in [0.1, 0.15) is 0 Å². The Morgan fingerprint density at radius 3 is 3.07 bits per heavy atom. The lowest BCUT2D eigenvalue weighted by Crippen LogP contribution is -1.96. The standard InChI is InChI=1S/C12H11N3/c1-7-3-2-4-9-10(7)5-8-6-14-12(13)15-11(8)9/h2-4,6H,5H2,1H3,(H2,13,14,15). The van der Waals surface area contributed by atoms with Crippen LogP contribution in [0.3, 0.4) is 0 Å². The number of nitrogens with zero attached hydrogens (tertiary/aromatic N) is 2. The molecule has 1 aliphatic rings. The van der Waals surface area contributed by atoms with Crippen LogP contribution in [0, 0.1) is 6.92 Å². The van der Waals surface area contributed by atoms with Gasteiger partial charge in [0, 0.05) is 23.7 Å². The Morgan fingerprint density at radius 2 is 2.20 bits per heavy atom. The van der Waals surface area contributed by atoms with Crippen LogP contribution < -0.4 is 5.73 Å². The maximum absolute atomic E-state index is 5.60. The van der Waals surface area contributed by atoms with Gasteiger partial charge in [0.05, 0.1) is 5.69 Å². The number of nitrogen functional groups attached to an aromatic ring is 1. The normalized spacial score (nSPS) is 12.3. The average molecular weight is 197 g/mol. The van der Waals surface area contributed by atoms with Crippen LogP contribution in [0.4, 0.5) is 5.95 Å². The van der Waals surface area contributed by atoms with Gasteiger partial charge in [0.25, 0.3) is 0 Å². The Morgan fingerprint density at radius 1 is 1.33 bits per heavy atom. The molecule has 0 radical (unpaired) electrons. The zero-order valence-electron chi connectivity index (χ0n) is 8.49. The maximum atomic E-state index is 5.60.